The molecule has 1 unspecified atom stereocenters. The maximum absolute atomic E-state index is 5.91. The Morgan fingerprint density at radius 3 is 2.75 bits per heavy atom. The normalized spacial score (nSPS) is 18.8. The molecule has 1 aromatic carbocycles. The van der Waals surface area contributed by atoms with Crippen LogP contribution in [0.5, 0.6) is 0 Å². The molecule has 0 aromatic heterocycles. The molecular weight excluding hydrogens is 340 g/mol. The Hall–Kier alpha value is -0.910. The van der Waals surface area contributed by atoms with Gasteiger partial charge in [0, 0.05) is 41.8 Å². The fourth-order valence-electron chi connectivity index (χ4n) is 2.78. The van der Waals surface area contributed by atoms with Gasteiger partial charge in [0.05, 0.1) is 0 Å². The summed E-state index contributed by atoms with van der Waals surface area (Å²) < 4.78 is 0. The molecule has 0 amide bonds. The van der Waals surface area contributed by atoms with Gasteiger partial charge in [-0.1, -0.05) is 18.5 Å². The summed E-state index contributed by atoms with van der Waals surface area (Å²) in [4.78, 5) is 8.51. The molecule has 0 saturated carbocycles. The van der Waals surface area contributed by atoms with E-state index in [1.54, 1.807) is 0 Å². The number of halogens is 1. The standard InChI is InChI=1S/C18H29ClN4S/c1-3-20-18(22-13-15-9-11-23(4-2)14-15)21-10-12-24-17-7-5-16(19)6-8-17/h5-8,15H,3-4,9-14H2,1-2H3,(H2,20,21,22). The molecule has 1 heterocycles. The van der Waals surface area contributed by atoms with Crippen molar-refractivity contribution in [2.24, 2.45) is 10.9 Å². The number of nitrogens with one attached hydrogen (secondary N) is 2. The van der Waals surface area contributed by atoms with Crippen molar-refractivity contribution in [3.05, 3.63) is 29.3 Å². The summed E-state index contributed by atoms with van der Waals surface area (Å²) in [5, 5.41) is 7.55. The molecule has 1 aliphatic rings. The van der Waals surface area contributed by atoms with E-state index in [1.165, 1.54) is 24.4 Å². The highest BCUT2D eigenvalue weighted by Crippen LogP contribution is 2.19. The highest BCUT2D eigenvalue weighted by atomic mass is 35.5. The third-order valence-corrected chi connectivity index (χ3v) is 5.41. The summed E-state index contributed by atoms with van der Waals surface area (Å²) in [6.45, 7) is 10.6. The van der Waals surface area contributed by atoms with Gasteiger partial charge in [-0.05, 0) is 56.6 Å². The lowest BCUT2D eigenvalue weighted by Crippen LogP contribution is -2.38. The molecule has 24 heavy (non-hydrogen) atoms. The van der Waals surface area contributed by atoms with E-state index in [-0.39, 0.29) is 0 Å². The fourth-order valence-corrected chi connectivity index (χ4v) is 3.67. The van der Waals surface area contributed by atoms with Crippen LogP contribution in [0.4, 0.5) is 0 Å². The van der Waals surface area contributed by atoms with Gasteiger partial charge in [-0.3, -0.25) is 4.99 Å². The lowest BCUT2D eigenvalue weighted by molar-refractivity contribution is 0.343. The van der Waals surface area contributed by atoms with Crippen molar-refractivity contribution in [1.29, 1.82) is 0 Å². The first kappa shape index (κ1) is 19.4. The van der Waals surface area contributed by atoms with Gasteiger partial charge in [0.15, 0.2) is 5.96 Å². The molecule has 134 valence electrons. The van der Waals surface area contributed by atoms with Crippen LogP contribution in [0, 0.1) is 5.92 Å². The van der Waals surface area contributed by atoms with Gasteiger partial charge in [-0.25, -0.2) is 0 Å². The summed E-state index contributed by atoms with van der Waals surface area (Å²) in [5.74, 6) is 2.63. The molecule has 6 heteroatoms. The average molecular weight is 369 g/mol. The first-order valence-electron chi connectivity index (χ1n) is 8.84. The molecule has 1 fully saturated rings. The van der Waals surface area contributed by atoms with Crippen LogP contribution >= 0.6 is 23.4 Å². The molecule has 1 aromatic rings. The lowest BCUT2D eigenvalue weighted by Gasteiger charge is -2.14. The molecule has 0 spiro atoms. The number of guanidine groups is 1. The van der Waals surface area contributed by atoms with Crippen molar-refractivity contribution in [1.82, 2.24) is 15.5 Å². The first-order chi connectivity index (χ1) is 11.7. The molecular formula is C18H29ClN4S. The molecule has 2 rings (SSSR count). The van der Waals surface area contributed by atoms with Crippen molar-refractivity contribution in [3.63, 3.8) is 0 Å². The van der Waals surface area contributed by atoms with Crippen molar-refractivity contribution in [2.75, 3.05) is 45.0 Å². The van der Waals surface area contributed by atoms with E-state index in [9.17, 15) is 0 Å². The number of hydrogen-bond acceptors (Lipinski definition) is 3. The Bertz CT molecular complexity index is 506. The zero-order chi connectivity index (χ0) is 17.2. The molecule has 0 aliphatic carbocycles. The number of nitrogens with zero attached hydrogens (tertiary/aromatic N) is 2. The van der Waals surface area contributed by atoms with Crippen molar-refractivity contribution in [3.8, 4) is 0 Å². The number of hydrogen-bond donors (Lipinski definition) is 2. The fraction of sp³-hybridized carbons (Fsp3) is 0.611. The summed E-state index contributed by atoms with van der Waals surface area (Å²) in [5.41, 5.74) is 0. The van der Waals surface area contributed by atoms with Gasteiger partial charge in [0.25, 0.3) is 0 Å². The first-order valence-corrected chi connectivity index (χ1v) is 10.2. The third kappa shape index (κ3) is 6.91. The third-order valence-electron chi connectivity index (χ3n) is 4.15. The Morgan fingerprint density at radius 2 is 2.08 bits per heavy atom. The van der Waals surface area contributed by atoms with Crippen LogP contribution in [0.15, 0.2) is 34.2 Å². The van der Waals surface area contributed by atoms with Gasteiger partial charge in [-0.15, -0.1) is 11.8 Å². The topological polar surface area (TPSA) is 39.7 Å². The predicted octanol–water partition coefficient (Wildman–Crippen LogP) is 3.33. The van der Waals surface area contributed by atoms with Gasteiger partial charge in [0.1, 0.15) is 0 Å². The zero-order valence-corrected chi connectivity index (χ0v) is 16.3. The highest BCUT2D eigenvalue weighted by Gasteiger charge is 2.20. The van der Waals surface area contributed by atoms with E-state index in [2.05, 4.69) is 41.5 Å². The minimum atomic E-state index is 0.698. The second kappa shape index (κ2) is 10.9. The van der Waals surface area contributed by atoms with Gasteiger partial charge < -0.3 is 15.5 Å². The average Bonchev–Trinajstić information content (AvgIpc) is 3.06. The Labute approximate surface area is 155 Å². The molecule has 2 N–H and O–H groups in total. The van der Waals surface area contributed by atoms with Gasteiger partial charge in [-0.2, -0.15) is 0 Å². The summed E-state index contributed by atoms with van der Waals surface area (Å²) >= 11 is 7.73. The molecule has 0 bridgehead atoms. The summed E-state index contributed by atoms with van der Waals surface area (Å²) in [6.07, 6.45) is 1.27. The molecule has 1 saturated heterocycles. The second-order valence-corrected chi connectivity index (χ2v) is 7.60. The Kier molecular flexibility index (Phi) is 8.78. The number of benzene rings is 1. The highest BCUT2D eigenvalue weighted by molar-refractivity contribution is 7.99. The van der Waals surface area contributed by atoms with Crippen LogP contribution in [-0.2, 0) is 0 Å². The zero-order valence-electron chi connectivity index (χ0n) is 14.7. The lowest BCUT2D eigenvalue weighted by atomic mass is 10.1. The quantitative estimate of drug-likeness (QED) is 0.319. The number of aliphatic imine (C=N–C) groups is 1. The second-order valence-electron chi connectivity index (χ2n) is 6.00. The van der Waals surface area contributed by atoms with E-state index in [0.717, 1.165) is 42.9 Å². The minimum absolute atomic E-state index is 0.698. The Balaban J connectivity index is 1.70. The minimum Gasteiger partial charge on any atom is -0.357 e. The van der Waals surface area contributed by atoms with Gasteiger partial charge in [0.2, 0.25) is 0 Å². The monoisotopic (exact) mass is 368 g/mol. The van der Waals surface area contributed by atoms with Crippen LogP contribution < -0.4 is 10.6 Å². The van der Waals surface area contributed by atoms with Crippen LogP contribution in [0.2, 0.25) is 5.02 Å². The summed E-state index contributed by atoms with van der Waals surface area (Å²) in [6, 6.07) is 7.99. The smallest absolute Gasteiger partial charge is 0.191 e. The van der Waals surface area contributed by atoms with E-state index in [1.807, 2.05) is 23.9 Å². The number of rotatable bonds is 8. The SMILES string of the molecule is CCNC(=NCC1CCN(CC)C1)NCCSc1ccc(Cl)cc1. The Morgan fingerprint density at radius 1 is 1.29 bits per heavy atom. The molecule has 4 nitrogen and oxygen atoms in total. The van der Waals surface area contributed by atoms with E-state index < -0.39 is 0 Å². The van der Waals surface area contributed by atoms with Crippen LogP contribution in [0.1, 0.15) is 20.3 Å². The van der Waals surface area contributed by atoms with Crippen molar-refractivity contribution in [2.45, 2.75) is 25.2 Å². The molecule has 1 atom stereocenters. The van der Waals surface area contributed by atoms with Gasteiger partial charge >= 0.3 is 0 Å². The number of likely N-dealkylation sites (tertiary alicyclic amines) is 1. The van der Waals surface area contributed by atoms with Crippen molar-refractivity contribution >= 4 is 29.3 Å². The number of thioether (sulfide) groups is 1. The van der Waals surface area contributed by atoms with E-state index >= 15 is 0 Å². The predicted molar refractivity (Wildman–Crippen MR) is 106 cm³/mol. The maximum atomic E-state index is 5.91. The van der Waals surface area contributed by atoms with Crippen LogP contribution in [0.25, 0.3) is 0 Å². The van der Waals surface area contributed by atoms with Crippen LogP contribution in [-0.4, -0.2) is 55.9 Å². The van der Waals surface area contributed by atoms with Crippen LogP contribution in [0.3, 0.4) is 0 Å². The van der Waals surface area contributed by atoms with E-state index in [4.69, 9.17) is 16.6 Å². The summed E-state index contributed by atoms with van der Waals surface area (Å²) in [7, 11) is 0. The maximum Gasteiger partial charge on any atom is 0.191 e. The largest absolute Gasteiger partial charge is 0.357 e. The van der Waals surface area contributed by atoms with Crippen molar-refractivity contribution < 1.29 is 0 Å². The van der Waals surface area contributed by atoms with E-state index in [0.29, 0.717) is 5.92 Å². The molecule has 1 aliphatic heterocycles. The molecule has 0 radical (unpaired) electrons.